The average molecular weight is 178 g/mol. The Morgan fingerprint density at radius 1 is 1.15 bits per heavy atom. The van der Waals surface area contributed by atoms with Crippen molar-refractivity contribution in [1.82, 2.24) is 15.5 Å². The Morgan fingerprint density at radius 2 is 1.92 bits per heavy atom. The summed E-state index contributed by atoms with van der Waals surface area (Å²) >= 11 is 0. The van der Waals surface area contributed by atoms with Crippen molar-refractivity contribution in [1.29, 1.82) is 0 Å². The van der Waals surface area contributed by atoms with E-state index in [1.54, 1.807) is 6.07 Å². The predicted molar refractivity (Wildman–Crippen MR) is 50.5 cm³/mol. The van der Waals surface area contributed by atoms with E-state index >= 15 is 0 Å². The summed E-state index contributed by atoms with van der Waals surface area (Å²) in [6.45, 7) is 3.62. The van der Waals surface area contributed by atoms with Crippen molar-refractivity contribution in [3.63, 3.8) is 0 Å². The maximum Gasteiger partial charge on any atom is 0.151 e. The Kier molecular flexibility index (Phi) is 2.27. The summed E-state index contributed by atoms with van der Waals surface area (Å²) in [6.07, 6.45) is 0. The van der Waals surface area contributed by atoms with Gasteiger partial charge in [-0.2, -0.15) is 0 Å². The molecule has 2 N–H and O–H groups in total. The van der Waals surface area contributed by atoms with Gasteiger partial charge in [-0.05, 0) is 12.1 Å². The summed E-state index contributed by atoms with van der Waals surface area (Å²) in [4.78, 5) is 2.17. The standard InChI is InChI=1S/C8H12N5/c9-7-1-2-8(12-11-7)13-5-3-10-4-6-13/h1-2H,3-6H2,(H2,9,11). The van der Waals surface area contributed by atoms with Crippen molar-refractivity contribution in [2.24, 2.45) is 0 Å². The number of rotatable bonds is 1. The molecule has 1 aromatic heterocycles. The Balaban J connectivity index is 2.10. The van der Waals surface area contributed by atoms with Gasteiger partial charge in [-0.3, -0.25) is 0 Å². The van der Waals surface area contributed by atoms with Gasteiger partial charge in [-0.1, -0.05) is 0 Å². The topological polar surface area (TPSA) is 69.1 Å². The molecule has 1 aliphatic rings. The van der Waals surface area contributed by atoms with Crippen molar-refractivity contribution in [2.45, 2.75) is 0 Å². The molecule has 2 heterocycles. The van der Waals surface area contributed by atoms with Gasteiger partial charge in [-0.15, -0.1) is 10.2 Å². The van der Waals surface area contributed by atoms with Crippen molar-refractivity contribution in [3.05, 3.63) is 12.1 Å². The van der Waals surface area contributed by atoms with E-state index in [1.807, 2.05) is 6.07 Å². The molecule has 0 amide bonds. The number of nitrogens with zero attached hydrogens (tertiary/aromatic N) is 4. The van der Waals surface area contributed by atoms with Crippen LogP contribution in [0.15, 0.2) is 12.1 Å². The van der Waals surface area contributed by atoms with E-state index in [4.69, 9.17) is 5.73 Å². The summed E-state index contributed by atoms with van der Waals surface area (Å²) in [7, 11) is 0. The summed E-state index contributed by atoms with van der Waals surface area (Å²) in [5, 5.41) is 12.1. The van der Waals surface area contributed by atoms with Crippen LogP contribution in [0.4, 0.5) is 11.6 Å². The first kappa shape index (κ1) is 8.25. The fourth-order valence-corrected chi connectivity index (χ4v) is 1.34. The molecule has 1 radical (unpaired) electrons. The van der Waals surface area contributed by atoms with Crippen molar-refractivity contribution >= 4 is 11.6 Å². The highest BCUT2D eigenvalue weighted by molar-refractivity contribution is 5.41. The zero-order chi connectivity index (χ0) is 9.10. The fraction of sp³-hybridized carbons (Fsp3) is 0.500. The minimum absolute atomic E-state index is 0.463. The molecule has 5 nitrogen and oxygen atoms in total. The smallest absolute Gasteiger partial charge is 0.151 e. The molecule has 1 saturated heterocycles. The Morgan fingerprint density at radius 3 is 2.54 bits per heavy atom. The lowest BCUT2D eigenvalue weighted by Gasteiger charge is -2.26. The maximum absolute atomic E-state index is 5.45. The highest BCUT2D eigenvalue weighted by Crippen LogP contribution is 2.10. The van der Waals surface area contributed by atoms with Crippen LogP contribution < -0.4 is 16.0 Å². The number of aromatic nitrogens is 2. The Hall–Kier alpha value is -1.36. The third-order valence-electron chi connectivity index (χ3n) is 2.05. The van der Waals surface area contributed by atoms with Gasteiger partial charge >= 0.3 is 0 Å². The second-order valence-corrected chi connectivity index (χ2v) is 2.97. The van der Waals surface area contributed by atoms with E-state index < -0.39 is 0 Å². The largest absolute Gasteiger partial charge is 0.382 e. The lowest BCUT2D eigenvalue weighted by atomic mass is 10.3. The highest BCUT2D eigenvalue weighted by Gasteiger charge is 2.11. The van der Waals surface area contributed by atoms with Crippen LogP contribution in [0.2, 0.25) is 0 Å². The van der Waals surface area contributed by atoms with E-state index in [9.17, 15) is 0 Å². The summed E-state index contributed by atoms with van der Waals surface area (Å²) < 4.78 is 0. The average Bonchev–Trinajstić information content (AvgIpc) is 2.20. The number of anilines is 2. The number of nitrogens with two attached hydrogens (primary N) is 1. The molecule has 0 bridgehead atoms. The molecule has 1 aliphatic heterocycles. The lowest BCUT2D eigenvalue weighted by Crippen LogP contribution is -2.40. The van der Waals surface area contributed by atoms with Crippen LogP contribution in [0.5, 0.6) is 0 Å². The zero-order valence-electron chi connectivity index (χ0n) is 7.35. The molecule has 1 fully saturated rings. The van der Waals surface area contributed by atoms with Crippen LogP contribution >= 0.6 is 0 Å². The van der Waals surface area contributed by atoms with Gasteiger partial charge in [0.25, 0.3) is 0 Å². The summed E-state index contributed by atoms with van der Waals surface area (Å²) in [5.74, 6) is 1.36. The third-order valence-corrected chi connectivity index (χ3v) is 2.05. The quantitative estimate of drug-likeness (QED) is 0.628. The first-order valence-corrected chi connectivity index (χ1v) is 4.34. The summed E-state index contributed by atoms with van der Waals surface area (Å²) in [5.41, 5.74) is 5.45. The van der Waals surface area contributed by atoms with Gasteiger partial charge in [0.1, 0.15) is 5.82 Å². The van der Waals surface area contributed by atoms with Gasteiger partial charge in [0.05, 0.1) is 0 Å². The van der Waals surface area contributed by atoms with Crippen molar-refractivity contribution in [2.75, 3.05) is 36.8 Å². The molecule has 0 aromatic carbocycles. The molecule has 13 heavy (non-hydrogen) atoms. The molecule has 0 atom stereocenters. The molecule has 0 saturated carbocycles. The number of nitrogen functional groups attached to an aromatic ring is 1. The van der Waals surface area contributed by atoms with Gasteiger partial charge in [-0.25, -0.2) is 5.32 Å². The molecule has 0 spiro atoms. The first-order chi connectivity index (χ1) is 6.36. The molecule has 69 valence electrons. The highest BCUT2D eigenvalue weighted by atomic mass is 15.3. The first-order valence-electron chi connectivity index (χ1n) is 4.34. The second-order valence-electron chi connectivity index (χ2n) is 2.97. The second kappa shape index (κ2) is 3.57. The van der Waals surface area contributed by atoms with Gasteiger partial charge < -0.3 is 10.6 Å². The van der Waals surface area contributed by atoms with Crippen molar-refractivity contribution < 1.29 is 0 Å². The molecule has 1 aromatic rings. The Labute approximate surface area is 76.9 Å². The normalized spacial score (nSPS) is 17.4. The van der Waals surface area contributed by atoms with Crippen LogP contribution in [0, 0.1) is 0 Å². The number of hydrogen-bond donors (Lipinski definition) is 1. The van der Waals surface area contributed by atoms with Crippen LogP contribution in [-0.2, 0) is 0 Å². The molecule has 0 unspecified atom stereocenters. The molecule has 0 aliphatic carbocycles. The van der Waals surface area contributed by atoms with E-state index in [-0.39, 0.29) is 0 Å². The number of hydrogen-bond acceptors (Lipinski definition) is 4. The van der Waals surface area contributed by atoms with Crippen LogP contribution in [0.1, 0.15) is 0 Å². The minimum Gasteiger partial charge on any atom is -0.382 e. The number of piperazine rings is 1. The van der Waals surface area contributed by atoms with Gasteiger partial charge in [0, 0.05) is 26.2 Å². The lowest BCUT2D eigenvalue weighted by molar-refractivity contribution is 0.573. The summed E-state index contributed by atoms with van der Waals surface area (Å²) in [6, 6.07) is 3.67. The molecular weight excluding hydrogens is 166 g/mol. The SMILES string of the molecule is Nc1ccc(N2CC[N]CC2)nn1. The fourth-order valence-electron chi connectivity index (χ4n) is 1.34. The van der Waals surface area contributed by atoms with Crippen LogP contribution in [-0.4, -0.2) is 36.4 Å². The molecular formula is C8H12N5. The third kappa shape index (κ3) is 1.86. The van der Waals surface area contributed by atoms with Crippen molar-refractivity contribution in [3.8, 4) is 0 Å². The molecule has 2 rings (SSSR count). The van der Waals surface area contributed by atoms with Crippen LogP contribution in [0.25, 0.3) is 0 Å². The van der Waals surface area contributed by atoms with Gasteiger partial charge in [0.15, 0.2) is 5.82 Å². The van der Waals surface area contributed by atoms with Gasteiger partial charge in [0.2, 0.25) is 0 Å². The van der Waals surface area contributed by atoms with E-state index in [2.05, 4.69) is 20.4 Å². The zero-order valence-corrected chi connectivity index (χ0v) is 7.35. The van der Waals surface area contributed by atoms with E-state index in [0.717, 1.165) is 32.0 Å². The maximum atomic E-state index is 5.45. The molecule has 5 heteroatoms. The monoisotopic (exact) mass is 178 g/mol. The van der Waals surface area contributed by atoms with Crippen LogP contribution in [0.3, 0.4) is 0 Å². The Bertz CT molecular complexity index is 264. The van der Waals surface area contributed by atoms with E-state index in [0.29, 0.717) is 5.82 Å². The predicted octanol–water partition coefficient (Wildman–Crippen LogP) is -0.517. The minimum atomic E-state index is 0.463. The van der Waals surface area contributed by atoms with E-state index in [1.165, 1.54) is 0 Å².